The molecule has 1 aliphatic rings. The Labute approximate surface area is 259 Å². The molecule has 0 amide bonds. The van der Waals surface area contributed by atoms with Crippen molar-refractivity contribution in [1.29, 1.82) is 0 Å². The smallest absolute Gasteiger partial charge is 0.292 e. The summed E-state index contributed by atoms with van der Waals surface area (Å²) in [6, 6.07) is 15.8. The third-order valence-corrected chi connectivity index (χ3v) is 9.17. The van der Waals surface area contributed by atoms with Crippen molar-refractivity contribution in [3.63, 3.8) is 0 Å². The highest BCUT2D eigenvalue weighted by Gasteiger charge is 2.55. The van der Waals surface area contributed by atoms with Crippen LogP contribution in [-0.4, -0.2) is 27.3 Å². The van der Waals surface area contributed by atoms with Crippen molar-refractivity contribution in [3.05, 3.63) is 71.8 Å². The van der Waals surface area contributed by atoms with Crippen LogP contribution >= 0.6 is 0 Å². The van der Waals surface area contributed by atoms with Crippen molar-refractivity contribution >= 4 is 0 Å². The molecule has 1 atom stereocenters. The summed E-state index contributed by atoms with van der Waals surface area (Å²) in [6.07, 6.45) is 22.7. The van der Waals surface area contributed by atoms with Crippen LogP contribution in [0.15, 0.2) is 55.1 Å². The first-order valence-electron chi connectivity index (χ1n) is 17.0. The minimum absolute atomic E-state index is 0.383. The lowest BCUT2D eigenvalue weighted by molar-refractivity contribution is -0.390. The zero-order valence-electron chi connectivity index (χ0n) is 28.1. The van der Waals surface area contributed by atoms with Gasteiger partial charge in [-0.15, -0.1) is 6.58 Å². The summed E-state index contributed by atoms with van der Waals surface area (Å²) < 4.78 is 18.8. The molecule has 0 radical (unpaired) electrons. The fourth-order valence-electron chi connectivity index (χ4n) is 7.07. The number of unbranched alkanes of at least 4 members (excludes halogenated alkanes) is 12. The average Bonchev–Trinajstić information content (AvgIpc) is 3.40. The second-order valence-electron chi connectivity index (χ2n) is 12.1. The molecule has 0 N–H and O–H groups in total. The number of hydrogen-bond acceptors (Lipinski definition) is 3. The molecule has 0 bridgehead atoms. The van der Waals surface area contributed by atoms with Crippen LogP contribution in [0, 0.1) is 0 Å². The molecule has 0 saturated carbocycles. The molecule has 0 saturated heterocycles. The van der Waals surface area contributed by atoms with Crippen LogP contribution in [0.3, 0.4) is 0 Å². The normalized spacial score (nSPS) is 13.6. The van der Waals surface area contributed by atoms with Crippen molar-refractivity contribution in [3.8, 4) is 11.1 Å². The fourth-order valence-corrected chi connectivity index (χ4v) is 7.07. The number of fused-ring (bicyclic) bond motifs is 3. The first kappa shape index (κ1) is 36.3. The lowest BCUT2D eigenvalue weighted by atomic mass is 9.68. The Kier molecular flexibility index (Phi) is 17.3. The van der Waals surface area contributed by atoms with Crippen molar-refractivity contribution in [2.45, 2.75) is 141 Å². The summed E-state index contributed by atoms with van der Waals surface area (Å²) in [5.41, 5.74) is 6.55. The summed E-state index contributed by atoms with van der Waals surface area (Å²) in [5.74, 6) is -1.12. The third kappa shape index (κ3) is 9.28. The number of allylic oxidation sites excluding steroid dienone is 1. The molecule has 3 nitrogen and oxygen atoms in total. The molecule has 3 heteroatoms. The molecule has 0 heterocycles. The highest BCUT2D eigenvalue weighted by Crippen LogP contribution is 2.51. The van der Waals surface area contributed by atoms with E-state index in [1.165, 1.54) is 105 Å². The van der Waals surface area contributed by atoms with Gasteiger partial charge in [0.15, 0.2) is 0 Å². The first-order chi connectivity index (χ1) is 20.5. The van der Waals surface area contributed by atoms with Gasteiger partial charge in [-0.2, -0.15) is 0 Å². The number of benzene rings is 2. The Balaban J connectivity index is 0.00000197. The molecular formula is C39H62O3. The topological polar surface area (TPSA) is 27.7 Å². The van der Waals surface area contributed by atoms with Crippen molar-refractivity contribution in [2.24, 2.45) is 0 Å². The molecule has 0 aromatic heterocycles. The standard InChI is InChI=1S/C36H56O3.C3H6/c1-6-8-10-12-14-15-17-21-28-35(36(37-3,38-4)39-5,27-20-16-13-11-9-7-2)34-26-22-25-32-31-24-19-18-23-30(31)29-33(32)34;1-3-2/h18-19,22-26H,6-17,20-21,27-29H2,1-5H3;3H,1H2,2H3. The molecule has 3 rings (SSSR count). The highest BCUT2D eigenvalue weighted by molar-refractivity contribution is 5.78. The van der Waals surface area contributed by atoms with E-state index in [0.717, 1.165) is 32.1 Å². The lowest BCUT2D eigenvalue weighted by Crippen LogP contribution is -2.56. The van der Waals surface area contributed by atoms with Gasteiger partial charge in [-0.05, 0) is 54.0 Å². The lowest BCUT2D eigenvalue weighted by Gasteiger charge is -2.48. The van der Waals surface area contributed by atoms with Gasteiger partial charge in [0.1, 0.15) is 0 Å². The fraction of sp³-hybridized carbons (Fsp3) is 0.641. The summed E-state index contributed by atoms with van der Waals surface area (Å²) in [5, 5.41) is 0. The third-order valence-electron chi connectivity index (χ3n) is 9.17. The molecule has 2 aromatic carbocycles. The monoisotopic (exact) mass is 578 g/mol. The molecule has 1 unspecified atom stereocenters. The second-order valence-corrected chi connectivity index (χ2v) is 12.1. The number of rotatable bonds is 21. The molecule has 236 valence electrons. The predicted molar refractivity (Wildman–Crippen MR) is 181 cm³/mol. The van der Waals surface area contributed by atoms with E-state index in [0.29, 0.717) is 0 Å². The minimum atomic E-state index is -1.12. The summed E-state index contributed by atoms with van der Waals surface area (Å²) in [6.45, 7) is 9.82. The largest absolute Gasteiger partial charge is 0.330 e. The van der Waals surface area contributed by atoms with Crippen LogP contribution in [0.4, 0.5) is 0 Å². The van der Waals surface area contributed by atoms with Crippen LogP contribution in [0.2, 0.25) is 0 Å². The highest BCUT2D eigenvalue weighted by atomic mass is 16.9. The van der Waals surface area contributed by atoms with Gasteiger partial charge in [-0.25, -0.2) is 0 Å². The van der Waals surface area contributed by atoms with E-state index in [2.05, 4.69) is 62.9 Å². The molecule has 0 spiro atoms. The number of ether oxygens (including phenoxy) is 3. The van der Waals surface area contributed by atoms with Gasteiger partial charge in [0.05, 0.1) is 5.41 Å². The molecule has 2 aromatic rings. The van der Waals surface area contributed by atoms with E-state index in [1.807, 2.05) is 6.92 Å². The van der Waals surface area contributed by atoms with Crippen molar-refractivity contribution in [1.82, 2.24) is 0 Å². The second kappa shape index (κ2) is 20.1. The molecule has 42 heavy (non-hydrogen) atoms. The maximum Gasteiger partial charge on any atom is 0.292 e. The van der Waals surface area contributed by atoms with Crippen LogP contribution < -0.4 is 0 Å². The van der Waals surface area contributed by atoms with E-state index in [9.17, 15) is 0 Å². The van der Waals surface area contributed by atoms with Gasteiger partial charge in [0.25, 0.3) is 5.97 Å². The predicted octanol–water partition coefficient (Wildman–Crippen LogP) is 11.6. The Morgan fingerprint density at radius 3 is 1.60 bits per heavy atom. The quantitative estimate of drug-likeness (QED) is 0.0715. The van der Waals surface area contributed by atoms with Crippen molar-refractivity contribution in [2.75, 3.05) is 21.3 Å². The van der Waals surface area contributed by atoms with Crippen LogP contribution in [0.1, 0.15) is 140 Å². The van der Waals surface area contributed by atoms with Crippen LogP contribution in [-0.2, 0) is 26.0 Å². The molecule has 1 aliphatic carbocycles. The zero-order chi connectivity index (χ0) is 30.7. The van der Waals surface area contributed by atoms with E-state index < -0.39 is 5.97 Å². The average molecular weight is 579 g/mol. The van der Waals surface area contributed by atoms with Crippen LogP contribution in [0.5, 0.6) is 0 Å². The Morgan fingerprint density at radius 2 is 1.10 bits per heavy atom. The van der Waals surface area contributed by atoms with Crippen LogP contribution in [0.25, 0.3) is 11.1 Å². The molecule has 0 aliphatic heterocycles. The van der Waals surface area contributed by atoms with Gasteiger partial charge < -0.3 is 14.2 Å². The van der Waals surface area contributed by atoms with Gasteiger partial charge in [0, 0.05) is 21.3 Å². The number of methoxy groups -OCH3 is 3. The maximum absolute atomic E-state index is 6.27. The Bertz CT molecular complexity index is 1000. The Hall–Kier alpha value is -1.94. The van der Waals surface area contributed by atoms with Gasteiger partial charge in [0.2, 0.25) is 0 Å². The summed E-state index contributed by atoms with van der Waals surface area (Å²) in [4.78, 5) is 0. The van der Waals surface area contributed by atoms with Gasteiger partial charge in [-0.1, -0.05) is 152 Å². The summed E-state index contributed by atoms with van der Waals surface area (Å²) in [7, 11) is 5.28. The zero-order valence-corrected chi connectivity index (χ0v) is 28.1. The van der Waals surface area contributed by atoms with E-state index in [4.69, 9.17) is 14.2 Å². The molecular weight excluding hydrogens is 516 g/mol. The van der Waals surface area contributed by atoms with E-state index >= 15 is 0 Å². The minimum Gasteiger partial charge on any atom is -0.330 e. The number of hydrogen-bond donors (Lipinski definition) is 0. The summed E-state index contributed by atoms with van der Waals surface area (Å²) >= 11 is 0. The maximum atomic E-state index is 6.27. The van der Waals surface area contributed by atoms with Crippen molar-refractivity contribution < 1.29 is 14.2 Å². The Morgan fingerprint density at radius 1 is 0.643 bits per heavy atom. The van der Waals surface area contributed by atoms with Gasteiger partial charge >= 0.3 is 0 Å². The SMILES string of the molecule is C=CC.CCCCCCCCCCC(CCCCCCCC)(c1cccc2c1Cc1ccccc1-2)C(OC)(OC)OC. The first-order valence-corrected chi connectivity index (χ1v) is 17.0. The van der Waals surface area contributed by atoms with E-state index in [1.54, 1.807) is 27.4 Å². The molecule has 0 fully saturated rings. The van der Waals surface area contributed by atoms with Gasteiger partial charge in [-0.3, -0.25) is 0 Å². The van der Waals surface area contributed by atoms with E-state index in [-0.39, 0.29) is 5.41 Å².